The number of hydrogen-bond acceptors (Lipinski definition) is 4. The fourth-order valence-electron chi connectivity index (χ4n) is 1.74. The van der Waals surface area contributed by atoms with Crippen molar-refractivity contribution in [3.05, 3.63) is 30.6 Å². The number of aromatic nitrogens is 1. The number of fused-ring (bicyclic) bond motifs is 1. The van der Waals surface area contributed by atoms with Crippen molar-refractivity contribution in [3.8, 4) is 0 Å². The molecule has 1 heterocycles. The molecule has 0 bridgehead atoms. The van der Waals surface area contributed by atoms with Crippen molar-refractivity contribution in [2.45, 2.75) is 23.5 Å². The van der Waals surface area contributed by atoms with Crippen molar-refractivity contribution in [1.29, 1.82) is 0 Å². The van der Waals surface area contributed by atoms with Crippen LogP contribution >= 0.6 is 11.8 Å². The van der Waals surface area contributed by atoms with Crippen LogP contribution in [0.2, 0.25) is 0 Å². The first-order valence-corrected chi connectivity index (χ1v) is 6.50. The summed E-state index contributed by atoms with van der Waals surface area (Å²) < 4.78 is 0. The summed E-state index contributed by atoms with van der Waals surface area (Å²) in [6.45, 7) is 2.34. The Hall–Kier alpha value is -1.26. The Balaban J connectivity index is 2.38. The number of hydrogen-bond donors (Lipinski definition) is 2. The third-order valence-electron chi connectivity index (χ3n) is 2.68. The molecule has 1 aromatic heterocycles. The van der Waals surface area contributed by atoms with Crippen molar-refractivity contribution < 1.29 is 5.11 Å². The van der Waals surface area contributed by atoms with Crippen molar-refractivity contribution in [2.24, 2.45) is 0 Å². The topological polar surface area (TPSA) is 59.1 Å². The van der Waals surface area contributed by atoms with Crippen molar-refractivity contribution in [2.75, 3.05) is 12.3 Å². The monoisotopic (exact) mass is 248 g/mol. The van der Waals surface area contributed by atoms with Gasteiger partial charge >= 0.3 is 0 Å². The van der Waals surface area contributed by atoms with Gasteiger partial charge in [0, 0.05) is 45.6 Å². The zero-order chi connectivity index (χ0) is 12.3. The van der Waals surface area contributed by atoms with Gasteiger partial charge in [-0.15, -0.1) is 11.8 Å². The lowest BCUT2D eigenvalue weighted by Crippen LogP contribution is -1.99. The molecule has 0 saturated heterocycles. The zero-order valence-electron chi connectivity index (χ0n) is 9.76. The van der Waals surface area contributed by atoms with Crippen molar-refractivity contribution in [1.82, 2.24) is 4.98 Å². The molecule has 1 atom stereocenters. The number of nitrogen functional groups attached to an aromatic ring is 1. The van der Waals surface area contributed by atoms with E-state index < -0.39 is 0 Å². The van der Waals surface area contributed by atoms with Crippen LogP contribution in [0.1, 0.15) is 13.3 Å². The highest BCUT2D eigenvalue weighted by Gasteiger charge is 2.08. The Labute approximate surface area is 105 Å². The van der Waals surface area contributed by atoms with Crippen LogP contribution in [0.4, 0.5) is 5.69 Å². The minimum atomic E-state index is 0.225. The molecule has 0 amide bonds. The molecule has 1 aromatic carbocycles. The molecule has 0 aliphatic rings. The van der Waals surface area contributed by atoms with E-state index in [2.05, 4.69) is 11.9 Å². The highest BCUT2D eigenvalue weighted by Crippen LogP contribution is 2.33. The number of rotatable bonds is 4. The molecule has 17 heavy (non-hydrogen) atoms. The number of anilines is 1. The van der Waals surface area contributed by atoms with Gasteiger partial charge in [-0.25, -0.2) is 0 Å². The molecule has 2 rings (SSSR count). The van der Waals surface area contributed by atoms with Crippen LogP contribution in [-0.2, 0) is 0 Å². The maximum absolute atomic E-state index is 8.93. The fourth-order valence-corrected chi connectivity index (χ4v) is 2.85. The van der Waals surface area contributed by atoms with Crippen LogP contribution < -0.4 is 5.73 Å². The van der Waals surface area contributed by atoms with E-state index in [4.69, 9.17) is 10.8 Å². The molecule has 0 spiro atoms. The Morgan fingerprint density at radius 3 is 2.94 bits per heavy atom. The summed E-state index contributed by atoms with van der Waals surface area (Å²) >= 11 is 1.76. The van der Waals surface area contributed by atoms with E-state index in [9.17, 15) is 0 Å². The molecule has 3 N–H and O–H groups in total. The van der Waals surface area contributed by atoms with Crippen LogP contribution in [0.5, 0.6) is 0 Å². The van der Waals surface area contributed by atoms with Gasteiger partial charge in [0.25, 0.3) is 0 Å². The summed E-state index contributed by atoms with van der Waals surface area (Å²) in [6.07, 6.45) is 4.37. The zero-order valence-corrected chi connectivity index (χ0v) is 10.6. The average molecular weight is 248 g/mol. The maximum atomic E-state index is 8.93. The van der Waals surface area contributed by atoms with Crippen LogP contribution in [0.15, 0.2) is 35.5 Å². The number of thioether (sulfide) groups is 1. The summed E-state index contributed by atoms with van der Waals surface area (Å²) in [5.74, 6) is 0. The Morgan fingerprint density at radius 1 is 1.35 bits per heavy atom. The van der Waals surface area contributed by atoms with E-state index in [-0.39, 0.29) is 6.61 Å². The third kappa shape index (κ3) is 2.70. The second kappa shape index (κ2) is 5.38. The molecule has 1 unspecified atom stereocenters. The highest BCUT2D eigenvalue weighted by atomic mass is 32.2. The summed E-state index contributed by atoms with van der Waals surface area (Å²) in [6, 6.07) is 5.94. The smallest absolute Gasteiger partial charge is 0.0441 e. The molecule has 0 radical (unpaired) electrons. The normalized spacial score (nSPS) is 12.8. The van der Waals surface area contributed by atoms with Gasteiger partial charge in [-0.1, -0.05) is 6.92 Å². The lowest BCUT2D eigenvalue weighted by molar-refractivity contribution is 0.289. The second-order valence-electron chi connectivity index (χ2n) is 4.01. The predicted molar refractivity (Wildman–Crippen MR) is 73.2 cm³/mol. The lowest BCUT2D eigenvalue weighted by atomic mass is 10.1. The number of nitrogens with two attached hydrogens (primary N) is 1. The van der Waals surface area contributed by atoms with Gasteiger partial charge in [0.1, 0.15) is 0 Å². The van der Waals surface area contributed by atoms with E-state index in [0.29, 0.717) is 5.25 Å². The van der Waals surface area contributed by atoms with Gasteiger partial charge in [0.2, 0.25) is 0 Å². The van der Waals surface area contributed by atoms with Gasteiger partial charge in [-0.3, -0.25) is 4.98 Å². The Bertz CT molecular complexity index is 516. The van der Waals surface area contributed by atoms with Gasteiger partial charge in [0.15, 0.2) is 0 Å². The molecular formula is C13H16N2OS. The molecule has 0 saturated carbocycles. The fraction of sp³-hybridized carbons (Fsp3) is 0.308. The summed E-state index contributed by atoms with van der Waals surface area (Å²) in [4.78, 5) is 5.29. The second-order valence-corrected chi connectivity index (χ2v) is 5.50. The van der Waals surface area contributed by atoms with E-state index in [1.807, 2.05) is 18.2 Å². The molecular weight excluding hydrogens is 232 g/mol. The minimum Gasteiger partial charge on any atom is -0.398 e. The van der Waals surface area contributed by atoms with E-state index in [1.165, 1.54) is 4.90 Å². The first-order chi connectivity index (χ1) is 8.22. The first kappa shape index (κ1) is 12.2. The minimum absolute atomic E-state index is 0.225. The van der Waals surface area contributed by atoms with E-state index in [1.54, 1.807) is 24.2 Å². The molecule has 2 aromatic rings. The standard InChI is InChI=1S/C13H16N2OS/c1-9(5-7-16)17-13-3-2-12(14)11-8-15-6-4-10(11)13/h2-4,6,8-9,16H,5,7,14H2,1H3. The van der Waals surface area contributed by atoms with E-state index >= 15 is 0 Å². The lowest BCUT2D eigenvalue weighted by Gasteiger charge is -2.12. The van der Waals surface area contributed by atoms with Gasteiger partial charge in [0.05, 0.1) is 0 Å². The highest BCUT2D eigenvalue weighted by molar-refractivity contribution is 8.00. The number of benzene rings is 1. The van der Waals surface area contributed by atoms with Crippen molar-refractivity contribution >= 4 is 28.2 Å². The van der Waals surface area contributed by atoms with Crippen molar-refractivity contribution in [3.63, 3.8) is 0 Å². The SMILES string of the molecule is CC(CCO)Sc1ccc(N)c2cnccc12. The van der Waals surface area contributed by atoms with Crippen LogP contribution in [-0.4, -0.2) is 21.9 Å². The molecule has 90 valence electrons. The van der Waals surface area contributed by atoms with Gasteiger partial charge in [-0.05, 0) is 24.6 Å². The quantitative estimate of drug-likeness (QED) is 0.645. The number of aliphatic hydroxyl groups excluding tert-OH is 1. The number of pyridine rings is 1. The largest absolute Gasteiger partial charge is 0.398 e. The third-order valence-corrected chi connectivity index (χ3v) is 3.92. The summed E-state index contributed by atoms with van der Waals surface area (Å²) in [5.41, 5.74) is 6.68. The number of nitrogens with zero attached hydrogens (tertiary/aromatic N) is 1. The van der Waals surface area contributed by atoms with Gasteiger partial charge < -0.3 is 10.8 Å². The molecule has 0 aliphatic carbocycles. The summed E-state index contributed by atoms with van der Waals surface area (Å²) in [7, 11) is 0. The van der Waals surface area contributed by atoms with E-state index in [0.717, 1.165) is 22.9 Å². The number of aliphatic hydroxyl groups is 1. The average Bonchev–Trinajstić information content (AvgIpc) is 2.34. The predicted octanol–water partition coefficient (Wildman–Crippen LogP) is 2.68. The molecule has 0 fully saturated rings. The van der Waals surface area contributed by atoms with Gasteiger partial charge in [-0.2, -0.15) is 0 Å². The van der Waals surface area contributed by atoms with Crippen LogP contribution in [0.3, 0.4) is 0 Å². The first-order valence-electron chi connectivity index (χ1n) is 5.62. The maximum Gasteiger partial charge on any atom is 0.0441 e. The van der Waals surface area contributed by atoms with Crippen LogP contribution in [0.25, 0.3) is 10.8 Å². The van der Waals surface area contributed by atoms with Crippen LogP contribution in [0, 0.1) is 0 Å². The summed E-state index contributed by atoms with van der Waals surface area (Å²) in [5, 5.41) is 11.4. The molecule has 0 aliphatic heterocycles. The Kier molecular flexibility index (Phi) is 3.86. The Morgan fingerprint density at radius 2 is 2.18 bits per heavy atom. The molecule has 4 heteroatoms. The molecule has 3 nitrogen and oxygen atoms in total.